The van der Waals surface area contributed by atoms with Crippen LogP contribution in [0.2, 0.25) is 0 Å². The van der Waals surface area contributed by atoms with Crippen molar-refractivity contribution in [3.05, 3.63) is 24.3 Å². The Morgan fingerprint density at radius 3 is 2.75 bits per heavy atom. The number of hydrogen-bond donors (Lipinski definition) is 0. The molecule has 3 nitrogen and oxygen atoms in total. The molecule has 0 aromatic heterocycles. The van der Waals surface area contributed by atoms with E-state index in [-0.39, 0.29) is 11.8 Å². The van der Waals surface area contributed by atoms with Gasteiger partial charge in [-0.25, -0.2) is 0 Å². The summed E-state index contributed by atoms with van der Waals surface area (Å²) in [6.07, 6.45) is 0.854. The van der Waals surface area contributed by atoms with Gasteiger partial charge in [-0.15, -0.1) is 0 Å². The van der Waals surface area contributed by atoms with Gasteiger partial charge in [0, 0.05) is 24.7 Å². The summed E-state index contributed by atoms with van der Waals surface area (Å²) in [5, 5.41) is 0. The number of carbonyl (C=O) groups excluding carboxylic acids is 1. The highest BCUT2D eigenvalue weighted by Crippen LogP contribution is 2.21. The number of hydrogen-bond acceptors (Lipinski definition) is 2. The summed E-state index contributed by atoms with van der Waals surface area (Å²) in [6.45, 7) is 3.96. The van der Waals surface area contributed by atoms with Crippen LogP contribution in [0.1, 0.15) is 20.3 Å². The summed E-state index contributed by atoms with van der Waals surface area (Å²) in [4.78, 5) is 13.6. The maximum absolute atomic E-state index is 12.0. The first kappa shape index (κ1) is 12.6. The second kappa shape index (κ2) is 5.54. The van der Waals surface area contributed by atoms with Crippen LogP contribution < -0.4 is 9.64 Å². The number of ether oxygens (including phenoxy) is 1. The molecule has 88 valence electrons. The average Bonchev–Trinajstić information content (AvgIpc) is 2.36. The zero-order chi connectivity index (χ0) is 12.1. The van der Waals surface area contributed by atoms with Gasteiger partial charge in [0.2, 0.25) is 5.91 Å². The lowest BCUT2D eigenvalue weighted by atomic mass is 10.1. The molecule has 0 radical (unpaired) electrons. The predicted molar refractivity (Wildman–Crippen MR) is 65.9 cm³/mol. The van der Waals surface area contributed by atoms with Gasteiger partial charge in [-0.05, 0) is 18.6 Å². The highest BCUT2D eigenvalue weighted by atomic mass is 16.5. The van der Waals surface area contributed by atoms with E-state index in [0.29, 0.717) is 0 Å². The lowest BCUT2D eigenvalue weighted by molar-refractivity contribution is -0.121. The Labute approximate surface area is 97.0 Å². The van der Waals surface area contributed by atoms with E-state index >= 15 is 0 Å². The van der Waals surface area contributed by atoms with E-state index in [2.05, 4.69) is 0 Å². The standard InChI is InChI=1S/C13H19NO2/c1-5-10(2)13(15)14(3)11-7-6-8-12(9-11)16-4/h6-10H,5H2,1-4H3. The third kappa shape index (κ3) is 2.75. The number of anilines is 1. The van der Waals surface area contributed by atoms with Crippen molar-refractivity contribution in [1.82, 2.24) is 0 Å². The summed E-state index contributed by atoms with van der Waals surface area (Å²) in [5.41, 5.74) is 0.865. The molecule has 1 aromatic carbocycles. The maximum atomic E-state index is 12.0. The Morgan fingerprint density at radius 1 is 1.50 bits per heavy atom. The van der Waals surface area contributed by atoms with Crippen molar-refractivity contribution in [2.45, 2.75) is 20.3 Å². The van der Waals surface area contributed by atoms with Crippen molar-refractivity contribution < 1.29 is 9.53 Å². The van der Waals surface area contributed by atoms with Gasteiger partial charge in [0.1, 0.15) is 5.75 Å². The van der Waals surface area contributed by atoms with Crippen LogP contribution in [-0.2, 0) is 4.79 Å². The molecule has 0 spiro atoms. The van der Waals surface area contributed by atoms with Crippen molar-refractivity contribution in [2.24, 2.45) is 5.92 Å². The Hall–Kier alpha value is -1.51. The molecule has 1 unspecified atom stereocenters. The summed E-state index contributed by atoms with van der Waals surface area (Å²) < 4.78 is 5.13. The molecule has 0 bridgehead atoms. The zero-order valence-electron chi connectivity index (χ0n) is 10.4. The second-order valence-electron chi connectivity index (χ2n) is 3.91. The van der Waals surface area contributed by atoms with E-state index in [1.807, 2.05) is 38.1 Å². The van der Waals surface area contributed by atoms with Crippen molar-refractivity contribution in [1.29, 1.82) is 0 Å². The predicted octanol–water partition coefficient (Wildman–Crippen LogP) is 2.70. The fraction of sp³-hybridized carbons (Fsp3) is 0.462. The highest BCUT2D eigenvalue weighted by molar-refractivity contribution is 5.94. The molecule has 0 aliphatic heterocycles. The Morgan fingerprint density at radius 2 is 2.19 bits per heavy atom. The van der Waals surface area contributed by atoms with E-state index in [9.17, 15) is 4.79 Å². The lowest BCUT2D eigenvalue weighted by Crippen LogP contribution is -2.31. The van der Waals surface area contributed by atoms with Crippen molar-refractivity contribution in [3.8, 4) is 5.75 Å². The van der Waals surface area contributed by atoms with Crippen LogP contribution >= 0.6 is 0 Å². The molecule has 1 atom stereocenters. The van der Waals surface area contributed by atoms with Crippen LogP contribution in [0.5, 0.6) is 5.75 Å². The van der Waals surface area contributed by atoms with E-state index in [4.69, 9.17) is 4.74 Å². The van der Waals surface area contributed by atoms with Gasteiger partial charge in [0.15, 0.2) is 0 Å². The maximum Gasteiger partial charge on any atom is 0.229 e. The van der Waals surface area contributed by atoms with Crippen molar-refractivity contribution in [2.75, 3.05) is 19.1 Å². The Kier molecular flexibility index (Phi) is 4.35. The third-order valence-corrected chi connectivity index (χ3v) is 2.81. The van der Waals surface area contributed by atoms with Crippen LogP contribution in [-0.4, -0.2) is 20.1 Å². The van der Waals surface area contributed by atoms with E-state index in [1.165, 1.54) is 0 Å². The summed E-state index contributed by atoms with van der Waals surface area (Å²) >= 11 is 0. The molecule has 0 fully saturated rings. The highest BCUT2D eigenvalue weighted by Gasteiger charge is 2.17. The number of amides is 1. The molecule has 0 saturated carbocycles. The molecule has 3 heteroatoms. The number of methoxy groups -OCH3 is 1. The van der Waals surface area contributed by atoms with E-state index < -0.39 is 0 Å². The smallest absolute Gasteiger partial charge is 0.229 e. The van der Waals surface area contributed by atoms with Crippen molar-refractivity contribution in [3.63, 3.8) is 0 Å². The molecular weight excluding hydrogens is 202 g/mol. The topological polar surface area (TPSA) is 29.5 Å². The fourth-order valence-corrected chi connectivity index (χ4v) is 1.45. The van der Waals surface area contributed by atoms with Gasteiger partial charge in [-0.3, -0.25) is 4.79 Å². The molecular formula is C13H19NO2. The average molecular weight is 221 g/mol. The SMILES string of the molecule is CCC(C)C(=O)N(C)c1cccc(OC)c1. The number of carbonyl (C=O) groups is 1. The Balaban J connectivity index is 2.87. The first-order valence-corrected chi connectivity index (χ1v) is 5.51. The number of rotatable bonds is 4. The molecule has 0 N–H and O–H groups in total. The molecule has 0 saturated heterocycles. The van der Waals surface area contributed by atoms with Gasteiger partial charge < -0.3 is 9.64 Å². The minimum atomic E-state index is 0.0520. The zero-order valence-corrected chi connectivity index (χ0v) is 10.4. The van der Waals surface area contributed by atoms with Gasteiger partial charge in [0.05, 0.1) is 7.11 Å². The molecule has 16 heavy (non-hydrogen) atoms. The molecule has 1 aromatic rings. The normalized spacial score (nSPS) is 12.0. The van der Waals surface area contributed by atoms with E-state index in [0.717, 1.165) is 17.9 Å². The van der Waals surface area contributed by atoms with Gasteiger partial charge in [-0.1, -0.05) is 19.9 Å². The summed E-state index contributed by atoms with van der Waals surface area (Å²) in [6, 6.07) is 7.52. The molecule has 0 heterocycles. The molecule has 1 rings (SSSR count). The Bertz CT molecular complexity index is 363. The van der Waals surface area contributed by atoms with Crippen LogP contribution in [0.15, 0.2) is 24.3 Å². The molecule has 0 aliphatic carbocycles. The number of benzene rings is 1. The summed E-state index contributed by atoms with van der Waals surface area (Å²) in [5.74, 6) is 0.952. The van der Waals surface area contributed by atoms with Crippen LogP contribution in [0.25, 0.3) is 0 Å². The monoisotopic (exact) mass is 221 g/mol. The fourth-order valence-electron chi connectivity index (χ4n) is 1.45. The van der Waals surface area contributed by atoms with E-state index in [1.54, 1.807) is 19.1 Å². The van der Waals surface area contributed by atoms with Gasteiger partial charge in [-0.2, -0.15) is 0 Å². The first-order chi connectivity index (χ1) is 7.60. The molecule has 1 amide bonds. The summed E-state index contributed by atoms with van der Waals surface area (Å²) in [7, 11) is 3.42. The van der Waals surface area contributed by atoms with Gasteiger partial charge >= 0.3 is 0 Å². The second-order valence-corrected chi connectivity index (χ2v) is 3.91. The number of nitrogens with zero attached hydrogens (tertiary/aromatic N) is 1. The van der Waals surface area contributed by atoms with Crippen LogP contribution in [0, 0.1) is 5.92 Å². The molecule has 0 aliphatic rings. The third-order valence-electron chi connectivity index (χ3n) is 2.81. The van der Waals surface area contributed by atoms with Crippen molar-refractivity contribution >= 4 is 11.6 Å². The first-order valence-electron chi connectivity index (χ1n) is 5.51. The van der Waals surface area contributed by atoms with Crippen LogP contribution in [0.3, 0.4) is 0 Å². The lowest BCUT2D eigenvalue weighted by Gasteiger charge is -2.21. The minimum Gasteiger partial charge on any atom is -0.497 e. The minimum absolute atomic E-state index is 0.0520. The van der Waals surface area contributed by atoms with Gasteiger partial charge in [0.25, 0.3) is 0 Å². The quantitative estimate of drug-likeness (QED) is 0.782. The largest absolute Gasteiger partial charge is 0.497 e. The van der Waals surface area contributed by atoms with Crippen LogP contribution in [0.4, 0.5) is 5.69 Å².